The molecule has 0 fully saturated rings. The lowest BCUT2D eigenvalue weighted by Gasteiger charge is -2.12. The van der Waals surface area contributed by atoms with Gasteiger partial charge in [0.15, 0.2) is 0 Å². The highest BCUT2D eigenvalue weighted by molar-refractivity contribution is 5.22. The number of aliphatic hydroxyl groups excluding tert-OH is 1. The standard InChI is InChI=1S/C17H28O/c1-5-15(2)13-17(4)14-16(3)11-9-7-6-8-10-12-18/h6-11,14-15,17-18H,5,12-13H2,1-4H3/b7-6+,10-8+,11-9+,16-14+/t15-,17-/m1/s1. The molecule has 0 rings (SSSR count). The Bertz CT molecular complexity index is 308. The first kappa shape index (κ1) is 16.9. The van der Waals surface area contributed by atoms with Gasteiger partial charge in [0.05, 0.1) is 6.61 Å². The highest BCUT2D eigenvalue weighted by Crippen LogP contribution is 2.17. The molecule has 0 aliphatic carbocycles. The third-order valence-electron chi connectivity index (χ3n) is 2.95. The number of aliphatic hydroxyl groups is 1. The molecule has 0 unspecified atom stereocenters. The molecule has 0 heterocycles. The van der Waals surface area contributed by atoms with E-state index in [9.17, 15) is 0 Å². The molecule has 18 heavy (non-hydrogen) atoms. The van der Waals surface area contributed by atoms with E-state index in [0.29, 0.717) is 5.92 Å². The van der Waals surface area contributed by atoms with Gasteiger partial charge in [0, 0.05) is 0 Å². The molecule has 0 radical (unpaired) electrons. The van der Waals surface area contributed by atoms with E-state index in [4.69, 9.17) is 5.11 Å². The lowest BCUT2D eigenvalue weighted by atomic mass is 9.94. The first-order chi connectivity index (χ1) is 8.60. The average molecular weight is 248 g/mol. The molecule has 1 N–H and O–H groups in total. The van der Waals surface area contributed by atoms with E-state index in [1.807, 2.05) is 24.3 Å². The van der Waals surface area contributed by atoms with Crippen LogP contribution in [0.2, 0.25) is 0 Å². The van der Waals surface area contributed by atoms with Gasteiger partial charge in [0.1, 0.15) is 0 Å². The van der Waals surface area contributed by atoms with Gasteiger partial charge in [-0.15, -0.1) is 0 Å². The zero-order valence-corrected chi connectivity index (χ0v) is 12.3. The fourth-order valence-corrected chi connectivity index (χ4v) is 1.85. The zero-order valence-electron chi connectivity index (χ0n) is 12.3. The van der Waals surface area contributed by atoms with Crippen molar-refractivity contribution in [1.29, 1.82) is 0 Å². The van der Waals surface area contributed by atoms with Crippen molar-refractivity contribution >= 4 is 0 Å². The van der Waals surface area contributed by atoms with Crippen molar-refractivity contribution in [3.05, 3.63) is 48.1 Å². The van der Waals surface area contributed by atoms with Crippen molar-refractivity contribution in [1.82, 2.24) is 0 Å². The first-order valence-corrected chi connectivity index (χ1v) is 6.89. The Morgan fingerprint density at radius 2 is 1.78 bits per heavy atom. The number of rotatable bonds is 8. The first-order valence-electron chi connectivity index (χ1n) is 6.89. The molecule has 0 saturated heterocycles. The van der Waals surface area contributed by atoms with Crippen molar-refractivity contribution < 1.29 is 5.11 Å². The smallest absolute Gasteiger partial charge is 0.0615 e. The van der Waals surface area contributed by atoms with Crippen molar-refractivity contribution in [3.8, 4) is 0 Å². The molecule has 0 aromatic rings. The van der Waals surface area contributed by atoms with Gasteiger partial charge < -0.3 is 5.11 Å². The van der Waals surface area contributed by atoms with Crippen molar-refractivity contribution in [2.75, 3.05) is 6.61 Å². The molecule has 0 bridgehead atoms. The van der Waals surface area contributed by atoms with Gasteiger partial charge in [0.2, 0.25) is 0 Å². The van der Waals surface area contributed by atoms with Gasteiger partial charge in [-0.05, 0) is 25.2 Å². The summed E-state index contributed by atoms with van der Waals surface area (Å²) in [7, 11) is 0. The maximum atomic E-state index is 8.55. The Labute approximate surface area is 113 Å². The Hall–Kier alpha value is -1.08. The quantitative estimate of drug-likeness (QED) is 0.619. The van der Waals surface area contributed by atoms with Crippen LogP contribution in [0, 0.1) is 11.8 Å². The molecule has 102 valence electrons. The summed E-state index contributed by atoms with van der Waals surface area (Å²) in [5, 5.41) is 8.55. The van der Waals surface area contributed by atoms with Crippen molar-refractivity contribution in [3.63, 3.8) is 0 Å². The fourth-order valence-electron chi connectivity index (χ4n) is 1.85. The van der Waals surface area contributed by atoms with E-state index >= 15 is 0 Å². The van der Waals surface area contributed by atoms with Crippen LogP contribution in [0.4, 0.5) is 0 Å². The molecule has 0 aliphatic heterocycles. The van der Waals surface area contributed by atoms with Gasteiger partial charge in [0.25, 0.3) is 0 Å². The third kappa shape index (κ3) is 10.1. The normalized spacial score (nSPS) is 17.1. The van der Waals surface area contributed by atoms with Crippen LogP contribution in [0.3, 0.4) is 0 Å². The molecule has 0 amide bonds. The highest BCUT2D eigenvalue weighted by atomic mass is 16.2. The Balaban J connectivity index is 4.13. The van der Waals surface area contributed by atoms with Gasteiger partial charge >= 0.3 is 0 Å². The summed E-state index contributed by atoms with van der Waals surface area (Å²) in [6.07, 6.45) is 16.4. The summed E-state index contributed by atoms with van der Waals surface area (Å²) in [6, 6.07) is 0. The number of hydrogen-bond donors (Lipinski definition) is 1. The SMILES string of the molecule is CC[C@@H](C)C[C@@H](C)/C=C(C)/C=C/C=C/C=C/CO. The molecule has 0 saturated carbocycles. The van der Waals surface area contributed by atoms with Crippen LogP contribution in [-0.4, -0.2) is 11.7 Å². The van der Waals surface area contributed by atoms with E-state index < -0.39 is 0 Å². The Morgan fingerprint density at radius 3 is 2.39 bits per heavy atom. The molecule has 0 aliphatic rings. The van der Waals surface area contributed by atoms with Gasteiger partial charge in [-0.1, -0.05) is 75.3 Å². The summed E-state index contributed by atoms with van der Waals surface area (Å²) in [5.74, 6) is 1.44. The summed E-state index contributed by atoms with van der Waals surface area (Å²) >= 11 is 0. The van der Waals surface area contributed by atoms with Crippen molar-refractivity contribution in [2.24, 2.45) is 11.8 Å². The summed E-state index contributed by atoms with van der Waals surface area (Å²) < 4.78 is 0. The van der Waals surface area contributed by atoms with Crippen LogP contribution >= 0.6 is 0 Å². The molecule has 1 nitrogen and oxygen atoms in total. The van der Waals surface area contributed by atoms with Gasteiger partial charge in [-0.2, -0.15) is 0 Å². The fraction of sp³-hybridized carbons (Fsp3) is 0.529. The van der Waals surface area contributed by atoms with E-state index in [1.54, 1.807) is 6.08 Å². The second kappa shape index (κ2) is 11.0. The largest absolute Gasteiger partial charge is 0.392 e. The van der Waals surface area contributed by atoms with Crippen LogP contribution in [-0.2, 0) is 0 Å². The topological polar surface area (TPSA) is 20.2 Å². The van der Waals surface area contributed by atoms with Crippen LogP contribution in [0.5, 0.6) is 0 Å². The van der Waals surface area contributed by atoms with Crippen LogP contribution < -0.4 is 0 Å². The molecular weight excluding hydrogens is 220 g/mol. The summed E-state index contributed by atoms with van der Waals surface area (Å²) in [5.41, 5.74) is 1.31. The molecular formula is C17H28O. The van der Waals surface area contributed by atoms with Crippen molar-refractivity contribution in [2.45, 2.75) is 40.5 Å². The zero-order chi connectivity index (χ0) is 13.8. The maximum absolute atomic E-state index is 8.55. The van der Waals surface area contributed by atoms with Crippen LogP contribution in [0.15, 0.2) is 48.1 Å². The van der Waals surface area contributed by atoms with E-state index in [0.717, 1.165) is 5.92 Å². The molecule has 1 heteroatoms. The third-order valence-corrected chi connectivity index (χ3v) is 2.95. The highest BCUT2D eigenvalue weighted by Gasteiger charge is 2.04. The Morgan fingerprint density at radius 1 is 1.11 bits per heavy atom. The molecule has 0 aromatic heterocycles. The lowest BCUT2D eigenvalue weighted by molar-refractivity contribution is 0.343. The molecule has 0 spiro atoms. The maximum Gasteiger partial charge on any atom is 0.0615 e. The van der Waals surface area contributed by atoms with Crippen LogP contribution in [0.1, 0.15) is 40.5 Å². The average Bonchev–Trinajstić information content (AvgIpc) is 2.33. The molecule has 0 aromatic carbocycles. The Kier molecular flexibility index (Phi) is 10.4. The second-order valence-electron chi connectivity index (χ2n) is 4.99. The van der Waals surface area contributed by atoms with Gasteiger partial charge in [-0.25, -0.2) is 0 Å². The second-order valence-corrected chi connectivity index (χ2v) is 4.99. The minimum atomic E-state index is 0.0973. The predicted molar refractivity (Wildman–Crippen MR) is 81.5 cm³/mol. The monoisotopic (exact) mass is 248 g/mol. The predicted octanol–water partition coefficient (Wildman–Crippen LogP) is 4.67. The van der Waals surface area contributed by atoms with E-state index in [1.165, 1.54) is 18.4 Å². The minimum absolute atomic E-state index is 0.0973. The number of allylic oxidation sites excluding steroid dienone is 7. The van der Waals surface area contributed by atoms with E-state index in [2.05, 4.69) is 39.8 Å². The summed E-state index contributed by atoms with van der Waals surface area (Å²) in [6.45, 7) is 9.08. The minimum Gasteiger partial charge on any atom is -0.392 e. The summed E-state index contributed by atoms with van der Waals surface area (Å²) in [4.78, 5) is 0. The van der Waals surface area contributed by atoms with E-state index in [-0.39, 0.29) is 6.61 Å². The van der Waals surface area contributed by atoms with Gasteiger partial charge in [-0.3, -0.25) is 0 Å². The number of hydrogen-bond acceptors (Lipinski definition) is 1. The van der Waals surface area contributed by atoms with Crippen LogP contribution in [0.25, 0.3) is 0 Å². The molecule has 2 atom stereocenters. The lowest BCUT2D eigenvalue weighted by Crippen LogP contribution is -1.99.